The molecule has 3 atom stereocenters. The first-order valence-corrected chi connectivity index (χ1v) is 13.1. The molecule has 4 heteroatoms. The fourth-order valence-electron chi connectivity index (χ4n) is 5.33. The molecular formula is C33H34N2O2. The Morgan fingerprint density at radius 2 is 1.03 bits per heavy atom. The number of nitrogens with zero attached hydrogens (tertiary/aromatic N) is 2. The molecule has 0 saturated carbocycles. The minimum atomic E-state index is -0.683. The van der Waals surface area contributed by atoms with Crippen molar-refractivity contribution >= 4 is 5.91 Å². The van der Waals surface area contributed by atoms with Crippen LogP contribution >= 0.6 is 0 Å². The lowest BCUT2D eigenvalue weighted by Crippen LogP contribution is -2.50. The first-order chi connectivity index (χ1) is 18.2. The number of aliphatic hydroxyl groups is 1. The summed E-state index contributed by atoms with van der Waals surface area (Å²) in [4.78, 5) is 18.6. The van der Waals surface area contributed by atoms with Gasteiger partial charge in [0.15, 0.2) is 0 Å². The Kier molecular flexibility index (Phi) is 8.09. The van der Waals surface area contributed by atoms with E-state index in [0.29, 0.717) is 32.5 Å². The Labute approximate surface area is 219 Å². The Morgan fingerprint density at radius 1 is 0.595 bits per heavy atom. The number of hydrogen-bond donors (Lipinski definition) is 1. The van der Waals surface area contributed by atoms with Gasteiger partial charge in [-0.3, -0.25) is 9.69 Å². The second kappa shape index (κ2) is 12.0. The predicted octanol–water partition coefficient (Wildman–Crippen LogP) is 5.11. The number of β-amino-alcohol motifs (C(OH)–C–C–N with tert-alkyl or cyclic N) is 1. The van der Waals surface area contributed by atoms with E-state index >= 15 is 0 Å². The van der Waals surface area contributed by atoms with Crippen LogP contribution in [0.2, 0.25) is 0 Å². The zero-order chi connectivity index (χ0) is 25.5. The van der Waals surface area contributed by atoms with Crippen molar-refractivity contribution in [2.75, 3.05) is 6.54 Å². The van der Waals surface area contributed by atoms with Crippen molar-refractivity contribution in [2.45, 2.75) is 44.1 Å². The molecule has 1 aliphatic heterocycles. The van der Waals surface area contributed by atoms with Crippen LogP contribution in [0.3, 0.4) is 0 Å². The monoisotopic (exact) mass is 490 g/mol. The lowest BCUT2D eigenvalue weighted by Gasteiger charge is -2.34. The maximum absolute atomic E-state index is 14.5. The number of benzene rings is 4. The SMILES string of the molecule is O=C1C(Cc2ccccc2)N(Cc2ccccc2)CC(O)C(Cc2ccccc2)N1Cc1ccccc1. The predicted molar refractivity (Wildman–Crippen MR) is 148 cm³/mol. The van der Waals surface area contributed by atoms with Gasteiger partial charge in [-0.25, -0.2) is 0 Å². The van der Waals surface area contributed by atoms with Gasteiger partial charge in [-0.2, -0.15) is 0 Å². The van der Waals surface area contributed by atoms with Crippen LogP contribution in [0, 0.1) is 0 Å². The van der Waals surface area contributed by atoms with E-state index in [-0.39, 0.29) is 18.0 Å². The molecule has 1 heterocycles. The number of rotatable bonds is 8. The first-order valence-electron chi connectivity index (χ1n) is 13.1. The highest BCUT2D eigenvalue weighted by molar-refractivity contribution is 5.83. The van der Waals surface area contributed by atoms with E-state index in [0.717, 1.165) is 22.3 Å². The zero-order valence-corrected chi connectivity index (χ0v) is 21.1. The molecule has 0 radical (unpaired) electrons. The quantitative estimate of drug-likeness (QED) is 0.373. The molecule has 1 saturated heterocycles. The molecule has 0 bridgehead atoms. The largest absolute Gasteiger partial charge is 0.390 e. The lowest BCUT2D eigenvalue weighted by atomic mass is 9.98. The van der Waals surface area contributed by atoms with Crippen LogP contribution in [0.25, 0.3) is 0 Å². The van der Waals surface area contributed by atoms with E-state index < -0.39 is 6.10 Å². The molecule has 0 spiro atoms. The maximum Gasteiger partial charge on any atom is 0.240 e. The second-order valence-corrected chi connectivity index (χ2v) is 9.90. The first kappa shape index (κ1) is 24.9. The molecule has 0 aromatic heterocycles. The summed E-state index contributed by atoms with van der Waals surface area (Å²) < 4.78 is 0. The summed E-state index contributed by atoms with van der Waals surface area (Å²) in [6.45, 7) is 1.51. The van der Waals surface area contributed by atoms with E-state index in [1.165, 1.54) is 0 Å². The second-order valence-electron chi connectivity index (χ2n) is 9.90. The van der Waals surface area contributed by atoms with Gasteiger partial charge < -0.3 is 10.0 Å². The van der Waals surface area contributed by atoms with Crippen LogP contribution in [0.5, 0.6) is 0 Å². The minimum absolute atomic E-state index is 0.0705. The van der Waals surface area contributed by atoms with Gasteiger partial charge >= 0.3 is 0 Å². The summed E-state index contributed by atoms with van der Waals surface area (Å²) in [6.07, 6.45) is 0.526. The summed E-state index contributed by atoms with van der Waals surface area (Å²) in [7, 11) is 0. The third kappa shape index (κ3) is 6.34. The molecule has 1 amide bonds. The molecule has 1 N–H and O–H groups in total. The number of aliphatic hydroxyl groups excluding tert-OH is 1. The van der Waals surface area contributed by atoms with Crippen LogP contribution in [-0.2, 0) is 30.7 Å². The number of amides is 1. The standard InChI is InChI=1S/C33H34N2O2/c36-32-25-34(23-28-17-9-3-10-18-28)31(22-27-15-7-2-8-16-27)33(37)35(24-29-19-11-4-12-20-29)30(32)21-26-13-5-1-6-14-26/h1-20,30-32,36H,21-25H2. The highest BCUT2D eigenvalue weighted by Crippen LogP contribution is 2.26. The van der Waals surface area contributed by atoms with Crippen LogP contribution in [0.4, 0.5) is 0 Å². The van der Waals surface area contributed by atoms with Crippen molar-refractivity contribution in [3.63, 3.8) is 0 Å². The third-order valence-corrected chi connectivity index (χ3v) is 7.26. The number of hydrogen-bond acceptors (Lipinski definition) is 3. The van der Waals surface area contributed by atoms with E-state index in [9.17, 15) is 9.90 Å². The van der Waals surface area contributed by atoms with Gasteiger partial charge in [0.25, 0.3) is 0 Å². The lowest BCUT2D eigenvalue weighted by molar-refractivity contribution is -0.139. The van der Waals surface area contributed by atoms with Crippen molar-refractivity contribution in [1.29, 1.82) is 0 Å². The van der Waals surface area contributed by atoms with Crippen LogP contribution in [0.15, 0.2) is 121 Å². The van der Waals surface area contributed by atoms with Gasteiger partial charge in [0.05, 0.1) is 18.2 Å². The Bertz CT molecular complexity index is 1250. The Hall–Kier alpha value is -3.73. The molecular weight excluding hydrogens is 456 g/mol. The van der Waals surface area contributed by atoms with Gasteiger partial charge in [-0.1, -0.05) is 121 Å². The summed E-state index contributed by atoms with van der Waals surface area (Å²) in [5.74, 6) is 0.0705. The van der Waals surface area contributed by atoms with Crippen LogP contribution in [-0.4, -0.2) is 45.5 Å². The fraction of sp³-hybridized carbons (Fsp3) is 0.242. The molecule has 4 aromatic carbocycles. The third-order valence-electron chi connectivity index (χ3n) is 7.26. The van der Waals surface area contributed by atoms with Gasteiger partial charge in [0, 0.05) is 19.6 Å². The van der Waals surface area contributed by atoms with E-state index in [2.05, 4.69) is 53.4 Å². The van der Waals surface area contributed by atoms with E-state index in [1.54, 1.807) is 0 Å². The van der Waals surface area contributed by atoms with E-state index in [1.807, 2.05) is 77.7 Å². The van der Waals surface area contributed by atoms with E-state index in [4.69, 9.17) is 0 Å². The van der Waals surface area contributed by atoms with Crippen molar-refractivity contribution in [1.82, 2.24) is 9.80 Å². The Balaban J connectivity index is 1.53. The molecule has 1 aliphatic rings. The molecule has 4 aromatic rings. The highest BCUT2D eigenvalue weighted by atomic mass is 16.3. The molecule has 1 fully saturated rings. The molecule has 4 nitrogen and oxygen atoms in total. The summed E-state index contributed by atoms with van der Waals surface area (Å²) in [5, 5.41) is 11.7. The normalized spacial score (nSPS) is 20.5. The minimum Gasteiger partial charge on any atom is -0.390 e. The molecule has 0 aliphatic carbocycles. The molecule has 5 rings (SSSR count). The van der Waals surface area contributed by atoms with Gasteiger partial charge in [0.1, 0.15) is 0 Å². The molecule has 188 valence electrons. The van der Waals surface area contributed by atoms with Gasteiger partial charge in [-0.15, -0.1) is 0 Å². The van der Waals surface area contributed by atoms with Crippen LogP contribution < -0.4 is 0 Å². The van der Waals surface area contributed by atoms with Gasteiger partial charge in [0.2, 0.25) is 5.91 Å². The zero-order valence-electron chi connectivity index (χ0n) is 21.1. The molecule has 37 heavy (non-hydrogen) atoms. The fourth-order valence-corrected chi connectivity index (χ4v) is 5.33. The summed E-state index contributed by atoms with van der Waals surface area (Å²) >= 11 is 0. The summed E-state index contributed by atoms with van der Waals surface area (Å²) in [6, 6.07) is 40.0. The van der Waals surface area contributed by atoms with Crippen LogP contribution in [0.1, 0.15) is 22.3 Å². The number of carbonyl (C=O) groups excluding carboxylic acids is 1. The van der Waals surface area contributed by atoms with Crippen molar-refractivity contribution < 1.29 is 9.90 Å². The average Bonchev–Trinajstić information content (AvgIpc) is 3.02. The van der Waals surface area contributed by atoms with Crippen molar-refractivity contribution in [3.8, 4) is 0 Å². The maximum atomic E-state index is 14.5. The smallest absolute Gasteiger partial charge is 0.240 e. The highest BCUT2D eigenvalue weighted by Gasteiger charge is 2.41. The van der Waals surface area contributed by atoms with Crippen molar-refractivity contribution in [3.05, 3.63) is 144 Å². The van der Waals surface area contributed by atoms with Gasteiger partial charge in [-0.05, 0) is 35.1 Å². The molecule has 3 unspecified atom stereocenters. The average molecular weight is 491 g/mol. The van der Waals surface area contributed by atoms with Crippen molar-refractivity contribution in [2.24, 2.45) is 0 Å². The topological polar surface area (TPSA) is 43.8 Å². The summed E-state index contributed by atoms with van der Waals surface area (Å²) in [5.41, 5.74) is 4.44. The Morgan fingerprint density at radius 3 is 1.54 bits per heavy atom. The number of carbonyl (C=O) groups is 1.